The summed E-state index contributed by atoms with van der Waals surface area (Å²) in [6.07, 6.45) is 0. The lowest BCUT2D eigenvalue weighted by molar-refractivity contribution is 0.327. The molecule has 1 N–H and O–H groups in total. The van der Waals surface area contributed by atoms with Crippen molar-refractivity contribution in [3.63, 3.8) is 0 Å². The Labute approximate surface area is 78.9 Å². The summed E-state index contributed by atoms with van der Waals surface area (Å²) in [6.45, 7) is 5.00. The molecule has 1 aliphatic rings. The van der Waals surface area contributed by atoms with Crippen molar-refractivity contribution in [2.45, 2.75) is 12.8 Å². The number of hydrogen-bond acceptors (Lipinski definition) is 2. The number of nitrogens with one attached hydrogen (secondary N) is 1. The third-order valence-electron chi connectivity index (χ3n) is 2.44. The van der Waals surface area contributed by atoms with E-state index in [-0.39, 0.29) is 0 Å². The van der Waals surface area contributed by atoms with Crippen LogP contribution in [0, 0.1) is 0 Å². The molecule has 1 heterocycles. The molecule has 70 valence electrons. The molecule has 0 radical (unpaired) electrons. The Kier molecular flexibility index (Phi) is 2.50. The minimum absolute atomic E-state index is 0.538. The molecule has 0 saturated carbocycles. The molecule has 1 aromatic rings. The van der Waals surface area contributed by atoms with Crippen LogP contribution < -0.4 is 10.1 Å². The predicted octanol–water partition coefficient (Wildman–Crippen LogP) is 1.77. The first-order valence-electron chi connectivity index (χ1n) is 4.84. The van der Waals surface area contributed by atoms with Gasteiger partial charge in [-0.05, 0) is 12.6 Å². The molecule has 0 unspecified atom stereocenters. The summed E-state index contributed by atoms with van der Waals surface area (Å²) in [6, 6.07) is 8.30. The Morgan fingerprint density at radius 3 is 3.15 bits per heavy atom. The van der Waals surface area contributed by atoms with Crippen molar-refractivity contribution in [2.24, 2.45) is 0 Å². The van der Waals surface area contributed by atoms with E-state index in [4.69, 9.17) is 4.74 Å². The first kappa shape index (κ1) is 8.57. The fourth-order valence-corrected chi connectivity index (χ4v) is 1.72. The molecule has 0 aromatic heterocycles. The van der Waals surface area contributed by atoms with Gasteiger partial charge in [-0.2, -0.15) is 0 Å². The molecule has 0 saturated heterocycles. The second-order valence-corrected chi connectivity index (χ2v) is 3.35. The lowest BCUT2D eigenvalue weighted by Gasteiger charge is -2.08. The van der Waals surface area contributed by atoms with Gasteiger partial charge in [-0.3, -0.25) is 0 Å². The molecular weight excluding hydrogens is 162 g/mol. The standard InChI is InChI=1S/C11H15NO/c1-2-12-7-9-8-13-11-6-4-3-5-10(9)11/h3-6,9,12H,2,7-8H2,1H3/t9-/m0/s1. The van der Waals surface area contributed by atoms with Crippen molar-refractivity contribution >= 4 is 0 Å². The maximum atomic E-state index is 5.57. The Hall–Kier alpha value is -1.02. The maximum absolute atomic E-state index is 5.57. The maximum Gasteiger partial charge on any atom is 0.122 e. The van der Waals surface area contributed by atoms with Gasteiger partial charge in [-0.15, -0.1) is 0 Å². The lowest BCUT2D eigenvalue weighted by Crippen LogP contribution is -2.21. The molecule has 2 rings (SSSR count). The highest BCUT2D eigenvalue weighted by Crippen LogP contribution is 2.32. The van der Waals surface area contributed by atoms with Gasteiger partial charge in [0.25, 0.3) is 0 Å². The second kappa shape index (κ2) is 3.79. The van der Waals surface area contributed by atoms with Gasteiger partial charge in [0.15, 0.2) is 0 Å². The van der Waals surface area contributed by atoms with Gasteiger partial charge in [0.1, 0.15) is 5.75 Å². The molecule has 1 atom stereocenters. The van der Waals surface area contributed by atoms with E-state index >= 15 is 0 Å². The van der Waals surface area contributed by atoms with Gasteiger partial charge in [-0.1, -0.05) is 25.1 Å². The molecule has 0 spiro atoms. The molecule has 13 heavy (non-hydrogen) atoms. The SMILES string of the molecule is CCNC[C@H]1COc2ccccc21. The van der Waals surface area contributed by atoms with Gasteiger partial charge in [-0.25, -0.2) is 0 Å². The molecule has 0 bridgehead atoms. The number of ether oxygens (including phenoxy) is 1. The van der Waals surface area contributed by atoms with Gasteiger partial charge >= 0.3 is 0 Å². The van der Waals surface area contributed by atoms with Crippen molar-refractivity contribution in [3.8, 4) is 5.75 Å². The van der Waals surface area contributed by atoms with Crippen molar-refractivity contribution in [1.82, 2.24) is 5.32 Å². The number of benzene rings is 1. The fraction of sp³-hybridized carbons (Fsp3) is 0.455. The Bertz CT molecular complexity index is 285. The van der Waals surface area contributed by atoms with Crippen LogP contribution in [0.4, 0.5) is 0 Å². The molecule has 2 nitrogen and oxygen atoms in total. The summed E-state index contributed by atoms with van der Waals surface area (Å²) >= 11 is 0. The predicted molar refractivity (Wildman–Crippen MR) is 53.2 cm³/mol. The Morgan fingerprint density at radius 2 is 2.31 bits per heavy atom. The molecule has 0 aliphatic carbocycles. The summed E-state index contributed by atoms with van der Waals surface area (Å²) in [5, 5.41) is 3.35. The number of hydrogen-bond donors (Lipinski definition) is 1. The number of likely N-dealkylation sites (N-methyl/N-ethyl adjacent to an activating group) is 1. The first-order valence-corrected chi connectivity index (χ1v) is 4.84. The Balaban J connectivity index is 2.09. The zero-order chi connectivity index (χ0) is 9.10. The smallest absolute Gasteiger partial charge is 0.122 e. The van der Waals surface area contributed by atoms with Crippen molar-refractivity contribution in [2.75, 3.05) is 19.7 Å². The van der Waals surface area contributed by atoms with E-state index in [2.05, 4.69) is 24.4 Å². The highest BCUT2D eigenvalue weighted by atomic mass is 16.5. The van der Waals surface area contributed by atoms with E-state index in [1.54, 1.807) is 0 Å². The van der Waals surface area contributed by atoms with E-state index in [1.165, 1.54) is 5.56 Å². The Morgan fingerprint density at radius 1 is 1.46 bits per heavy atom. The highest BCUT2D eigenvalue weighted by Gasteiger charge is 2.22. The average molecular weight is 177 g/mol. The van der Waals surface area contributed by atoms with Crippen LogP contribution in [0.2, 0.25) is 0 Å². The lowest BCUT2D eigenvalue weighted by atomic mass is 10.0. The van der Waals surface area contributed by atoms with Gasteiger partial charge in [0.05, 0.1) is 6.61 Å². The topological polar surface area (TPSA) is 21.3 Å². The molecule has 1 aliphatic heterocycles. The minimum Gasteiger partial charge on any atom is -0.493 e. The van der Waals surface area contributed by atoms with Crippen molar-refractivity contribution in [3.05, 3.63) is 29.8 Å². The van der Waals surface area contributed by atoms with Crippen LogP contribution in [0.15, 0.2) is 24.3 Å². The summed E-state index contributed by atoms with van der Waals surface area (Å²) in [7, 11) is 0. The third-order valence-corrected chi connectivity index (χ3v) is 2.44. The van der Waals surface area contributed by atoms with Crippen LogP contribution in [0.1, 0.15) is 18.4 Å². The van der Waals surface area contributed by atoms with Crippen LogP contribution in [0.5, 0.6) is 5.75 Å². The van der Waals surface area contributed by atoms with Gasteiger partial charge < -0.3 is 10.1 Å². The molecule has 1 aromatic carbocycles. The quantitative estimate of drug-likeness (QED) is 0.759. The summed E-state index contributed by atoms with van der Waals surface area (Å²) in [5.41, 5.74) is 1.35. The molecular formula is C11H15NO. The fourth-order valence-electron chi connectivity index (χ4n) is 1.72. The van der Waals surface area contributed by atoms with Crippen molar-refractivity contribution < 1.29 is 4.74 Å². The number of rotatable bonds is 3. The first-order chi connectivity index (χ1) is 6.42. The summed E-state index contributed by atoms with van der Waals surface area (Å²) in [5.74, 6) is 1.60. The van der Waals surface area contributed by atoms with E-state index in [9.17, 15) is 0 Å². The normalized spacial score (nSPS) is 19.6. The third kappa shape index (κ3) is 1.68. The van der Waals surface area contributed by atoms with Crippen LogP contribution in [-0.2, 0) is 0 Å². The minimum atomic E-state index is 0.538. The van der Waals surface area contributed by atoms with Crippen LogP contribution in [0.25, 0.3) is 0 Å². The number of para-hydroxylation sites is 1. The van der Waals surface area contributed by atoms with Gasteiger partial charge in [0, 0.05) is 18.0 Å². The second-order valence-electron chi connectivity index (χ2n) is 3.35. The number of fused-ring (bicyclic) bond motifs is 1. The van der Waals surface area contributed by atoms with Gasteiger partial charge in [0.2, 0.25) is 0 Å². The van der Waals surface area contributed by atoms with Crippen LogP contribution in [0.3, 0.4) is 0 Å². The summed E-state index contributed by atoms with van der Waals surface area (Å²) in [4.78, 5) is 0. The zero-order valence-corrected chi connectivity index (χ0v) is 7.92. The van der Waals surface area contributed by atoms with Crippen LogP contribution >= 0.6 is 0 Å². The monoisotopic (exact) mass is 177 g/mol. The summed E-state index contributed by atoms with van der Waals surface area (Å²) < 4.78 is 5.57. The van der Waals surface area contributed by atoms with Crippen LogP contribution in [-0.4, -0.2) is 19.7 Å². The zero-order valence-electron chi connectivity index (χ0n) is 7.92. The molecule has 0 fully saturated rings. The van der Waals surface area contributed by atoms with E-state index < -0.39 is 0 Å². The van der Waals surface area contributed by atoms with Crippen molar-refractivity contribution in [1.29, 1.82) is 0 Å². The molecule has 0 amide bonds. The van der Waals surface area contributed by atoms with E-state index in [0.717, 1.165) is 25.4 Å². The molecule has 2 heteroatoms. The van der Waals surface area contributed by atoms with E-state index in [1.807, 2.05) is 12.1 Å². The highest BCUT2D eigenvalue weighted by molar-refractivity contribution is 5.39. The van der Waals surface area contributed by atoms with E-state index in [0.29, 0.717) is 5.92 Å². The average Bonchev–Trinajstić information content (AvgIpc) is 2.58. The largest absolute Gasteiger partial charge is 0.493 e.